The number of amides is 1. The summed E-state index contributed by atoms with van der Waals surface area (Å²) in [6.07, 6.45) is 12.9. The van der Waals surface area contributed by atoms with Gasteiger partial charge in [-0.25, -0.2) is 4.98 Å². The van der Waals surface area contributed by atoms with Crippen LogP contribution < -0.4 is 10.6 Å². The van der Waals surface area contributed by atoms with E-state index in [1.807, 2.05) is 12.1 Å². The van der Waals surface area contributed by atoms with E-state index in [0.29, 0.717) is 12.2 Å². The number of hydrogen-bond donors (Lipinski definition) is 2. The first-order chi connectivity index (χ1) is 10.8. The number of nitrogens with zero attached hydrogens (tertiary/aromatic N) is 1. The fraction of sp³-hybridized carbons (Fsp3) is 0.556. The topological polar surface area (TPSA) is 54.0 Å². The van der Waals surface area contributed by atoms with Crippen LogP contribution in [-0.4, -0.2) is 17.4 Å². The van der Waals surface area contributed by atoms with Crippen LogP contribution in [0.15, 0.2) is 30.0 Å². The number of nitrogens with one attached hydrogen (secondary N) is 2. The molecule has 1 aromatic heterocycles. The lowest BCUT2D eigenvalue weighted by molar-refractivity contribution is -0.116. The molecule has 1 aromatic rings. The number of pyridine rings is 1. The maximum Gasteiger partial charge on any atom is 0.225 e. The van der Waals surface area contributed by atoms with Gasteiger partial charge >= 0.3 is 0 Å². The second-order valence-corrected chi connectivity index (χ2v) is 5.87. The van der Waals surface area contributed by atoms with Crippen molar-refractivity contribution in [3.05, 3.63) is 30.0 Å². The van der Waals surface area contributed by atoms with E-state index in [0.717, 1.165) is 31.5 Å². The van der Waals surface area contributed by atoms with E-state index in [-0.39, 0.29) is 5.91 Å². The van der Waals surface area contributed by atoms with Crippen LogP contribution in [0.4, 0.5) is 11.5 Å². The van der Waals surface area contributed by atoms with Gasteiger partial charge in [0.2, 0.25) is 5.91 Å². The summed E-state index contributed by atoms with van der Waals surface area (Å²) in [4.78, 5) is 15.9. The van der Waals surface area contributed by atoms with Gasteiger partial charge in [0.15, 0.2) is 0 Å². The van der Waals surface area contributed by atoms with Gasteiger partial charge in [0.1, 0.15) is 5.82 Å². The summed E-state index contributed by atoms with van der Waals surface area (Å²) in [6.45, 7) is 3.02. The lowest BCUT2D eigenvalue weighted by Gasteiger charge is -2.13. The van der Waals surface area contributed by atoms with Crippen LogP contribution in [0.2, 0.25) is 0 Å². The quantitative estimate of drug-likeness (QED) is 0.694. The van der Waals surface area contributed by atoms with Gasteiger partial charge in [-0.3, -0.25) is 4.79 Å². The highest BCUT2D eigenvalue weighted by molar-refractivity contribution is 5.89. The van der Waals surface area contributed by atoms with Gasteiger partial charge in [-0.1, -0.05) is 25.0 Å². The van der Waals surface area contributed by atoms with Crippen LogP contribution in [0.25, 0.3) is 0 Å². The van der Waals surface area contributed by atoms with Gasteiger partial charge in [-0.05, 0) is 50.7 Å². The number of allylic oxidation sites excluding steroid dienone is 1. The number of carbonyl (C=O) groups is 1. The van der Waals surface area contributed by atoms with Crippen LogP contribution >= 0.6 is 0 Å². The highest BCUT2D eigenvalue weighted by Crippen LogP contribution is 2.20. The van der Waals surface area contributed by atoms with Crippen LogP contribution in [0, 0.1) is 0 Å². The van der Waals surface area contributed by atoms with Crippen molar-refractivity contribution >= 4 is 17.4 Å². The van der Waals surface area contributed by atoms with E-state index in [1.165, 1.54) is 25.7 Å². The molecule has 2 rings (SSSR count). The van der Waals surface area contributed by atoms with Crippen molar-refractivity contribution in [1.29, 1.82) is 0 Å². The maximum atomic E-state index is 11.6. The second-order valence-electron chi connectivity index (χ2n) is 5.87. The Bertz CT molecular complexity index is 494. The molecule has 0 radical (unpaired) electrons. The average Bonchev–Trinajstić information content (AvgIpc) is 2.55. The van der Waals surface area contributed by atoms with E-state index in [2.05, 4.69) is 28.6 Å². The molecule has 1 heterocycles. The Hall–Kier alpha value is -1.84. The molecular formula is C18H27N3O. The number of carbonyl (C=O) groups excluding carboxylic acids is 1. The van der Waals surface area contributed by atoms with Crippen molar-refractivity contribution in [2.75, 3.05) is 17.2 Å². The first-order valence-electron chi connectivity index (χ1n) is 8.45. The van der Waals surface area contributed by atoms with Gasteiger partial charge < -0.3 is 10.6 Å². The van der Waals surface area contributed by atoms with Gasteiger partial charge in [0.05, 0.1) is 11.9 Å². The Balaban J connectivity index is 1.72. The molecular weight excluding hydrogens is 274 g/mol. The summed E-state index contributed by atoms with van der Waals surface area (Å²) in [6, 6.07) is 3.82. The molecule has 0 unspecified atom stereocenters. The van der Waals surface area contributed by atoms with Crippen molar-refractivity contribution in [3.8, 4) is 0 Å². The maximum absolute atomic E-state index is 11.6. The number of anilines is 2. The van der Waals surface area contributed by atoms with Crippen molar-refractivity contribution in [1.82, 2.24) is 4.98 Å². The van der Waals surface area contributed by atoms with Crippen molar-refractivity contribution < 1.29 is 4.79 Å². The molecule has 0 fully saturated rings. The summed E-state index contributed by atoms with van der Waals surface area (Å²) < 4.78 is 0. The molecule has 0 spiro atoms. The molecule has 0 atom stereocenters. The fourth-order valence-electron chi connectivity index (χ4n) is 2.61. The van der Waals surface area contributed by atoms with Crippen LogP contribution in [-0.2, 0) is 4.79 Å². The molecule has 4 heteroatoms. The summed E-state index contributed by atoms with van der Waals surface area (Å²) in [5, 5.41) is 6.22. The zero-order chi connectivity index (χ0) is 15.6. The first kappa shape index (κ1) is 16.5. The third-order valence-electron chi connectivity index (χ3n) is 3.95. The standard InChI is InChI=1S/C18H27N3O/c1-2-3-9-18(22)21-17-11-10-16(14-20-17)19-13-12-15-7-5-4-6-8-15/h7,10-11,14,19H,2-6,8-9,12-13H2,1H3,(H,20,21,22). The molecule has 1 amide bonds. The molecule has 2 N–H and O–H groups in total. The smallest absolute Gasteiger partial charge is 0.225 e. The zero-order valence-electron chi connectivity index (χ0n) is 13.5. The fourth-order valence-corrected chi connectivity index (χ4v) is 2.61. The number of rotatable bonds is 8. The van der Waals surface area contributed by atoms with E-state index in [1.54, 1.807) is 11.8 Å². The van der Waals surface area contributed by atoms with Gasteiger partial charge in [0.25, 0.3) is 0 Å². The van der Waals surface area contributed by atoms with Gasteiger partial charge in [-0.2, -0.15) is 0 Å². The third kappa shape index (κ3) is 5.88. The Morgan fingerprint density at radius 3 is 2.91 bits per heavy atom. The predicted molar refractivity (Wildman–Crippen MR) is 92.0 cm³/mol. The summed E-state index contributed by atoms with van der Waals surface area (Å²) in [7, 11) is 0. The minimum absolute atomic E-state index is 0.0410. The second kappa shape index (κ2) is 9.23. The Morgan fingerprint density at radius 2 is 2.23 bits per heavy atom. The summed E-state index contributed by atoms with van der Waals surface area (Å²) in [5.41, 5.74) is 2.58. The summed E-state index contributed by atoms with van der Waals surface area (Å²) in [5.74, 6) is 0.668. The Labute approximate surface area is 133 Å². The highest BCUT2D eigenvalue weighted by Gasteiger charge is 2.04. The molecule has 0 bridgehead atoms. The lowest BCUT2D eigenvalue weighted by Crippen LogP contribution is -2.12. The largest absolute Gasteiger partial charge is 0.383 e. The van der Waals surface area contributed by atoms with Gasteiger partial charge in [0, 0.05) is 13.0 Å². The Morgan fingerprint density at radius 1 is 1.32 bits per heavy atom. The van der Waals surface area contributed by atoms with Crippen molar-refractivity contribution in [2.45, 2.75) is 58.3 Å². The average molecular weight is 301 g/mol. The molecule has 1 aliphatic rings. The molecule has 0 saturated heterocycles. The van der Waals surface area contributed by atoms with E-state index in [9.17, 15) is 4.79 Å². The third-order valence-corrected chi connectivity index (χ3v) is 3.95. The SMILES string of the molecule is CCCCC(=O)Nc1ccc(NCCC2=CCCCC2)cn1. The minimum atomic E-state index is 0.0410. The van der Waals surface area contributed by atoms with E-state index in [4.69, 9.17) is 0 Å². The molecule has 0 aliphatic heterocycles. The molecule has 0 saturated carbocycles. The van der Waals surface area contributed by atoms with Gasteiger partial charge in [-0.15, -0.1) is 0 Å². The van der Waals surface area contributed by atoms with Crippen LogP contribution in [0.1, 0.15) is 58.3 Å². The predicted octanol–water partition coefficient (Wildman–Crippen LogP) is 4.51. The minimum Gasteiger partial charge on any atom is -0.383 e. The lowest BCUT2D eigenvalue weighted by atomic mass is 9.97. The highest BCUT2D eigenvalue weighted by atomic mass is 16.1. The normalized spacial score (nSPS) is 14.3. The van der Waals surface area contributed by atoms with Crippen molar-refractivity contribution in [2.24, 2.45) is 0 Å². The van der Waals surface area contributed by atoms with Crippen molar-refractivity contribution in [3.63, 3.8) is 0 Å². The molecule has 4 nitrogen and oxygen atoms in total. The number of unbranched alkanes of at least 4 members (excludes halogenated alkanes) is 1. The molecule has 22 heavy (non-hydrogen) atoms. The summed E-state index contributed by atoms with van der Waals surface area (Å²) >= 11 is 0. The number of hydrogen-bond acceptors (Lipinski definition) is 3. The monoisotopic (exact) mass is 301 g/mol. The Kier molecular flexibility index (Phi) is 6.94. The molecule has 1 aliphatic carbocycles. The van der Waals surface area contributed by atoms with E-state index < -0.39 is 0 Å². The van der Waals surface area contributed by atoms with E-state index >= 15 is 0 Å². The zero-order valence-corrected chi connectivity index (χ0v) is 13.5. The molecule has 0 aromatic carbocycles. The number of aromatic nitrogens is 1. The molecule has 120 valence electrons. The van der Waals surface area contributed by atoms with Crippen LogP contribution in [0.5, 0.6) is 0 Å². The van der Waals surface area contributed by atoms with Crippen LogP contribution in [0.3, 0.4) is 0 Å². The first-order valence-corrected chi connectivity index (χ1v) is 8.45.